The quantitative estimate of drug-likeness (QED) is 0.104. The number of ether oxygens (including phenoxy) is 2. The summed E-state index contributed by atoms with van der Waals surface area (Å²) in [5, 5.41) is 10.6. The Hall–Kier alpha value is -3.39. The van der Waals surface area contributed by atoms with Crippen LogP contribution in [0.3, 0.4) is 0 Å². The van der Waals surface area contributed by atoms with Gasteiger partial charge in [-0.05, 0) is 66.0 Å². The zero-order chi connectivity index (χ0) is 48.4. The molecular weight excluding hydrogens is 773 g/mol. The van der Waals surface area contributed by atoms with Crippen LogP contribution in [0.4, 0.5) is 0 Å². The Morgan fingerprint density at radius 1 is 0.918 bits per heavy atom. The van der Waals surface area contributed by atoms with Crippen molar-refractivity contribution in [1.29, 1.82) is 0 Å². The van der Waals surface area contributed by atoms with E-state index in [2.05, 4.69) is 95.7 Å². The van der Waals surface area contributed by atoms with Gasteiger partial charge in [-0.1, -0.05) is 131 Å². The van der Waals surface area contributed by atoms with Gasteiger partial charge in [0.25, 0.3) is 0 Å². The van der Waals surface area contributed by atoms with Crippen LogP contribution in [0.15, 0.2) is 30.3 Å². The number of hydrogen-bond donors (Lipinski definition) is 4. The number of benzene rings is 1. The maximum atomic E-state index is 13.3. The minimum absolute atomic E-state index is 0.00519. The second-order valence-electron chi connectivity index (χ2n) is 15.6. The summed E-state index contributed by atoms with van der Waals surface area (Å²) in [4.78, 5) is 59.8. The topological polar surface area (TPSA) is 158 Å². The fourth-order valence-corrected chi connectivity index (χ4v) is 5.69. The molecule has 5 unspecified atom stereocenters. The molecule has 1 saturated heterocycles. The van der Waals surface area contributed by atoms with E-state index < -0.39 is 0 Å². The molecule has 4 amide bonds. The predicted octanol–water partition coefficient (Wildman–Crippen LogP) is 7.44. The van der Waals surface area contributed by atoms with Gasteiger partial charge in [-0.3, -0.25) is 19.2 Å². The fraction of sp³-hybridized carbons (Fsp3) is 0.771. The fourth-order valence-electron chi connectivity index (χ4n) is 5.69. The van der Waals surface area contributed by atoms with Gasteiger partial charge in [0.15, 0.2) is 0 Å². The van der Waals surface area contributed by atoms with Gasteiger partial charge < -0.3 is 45.3 Å². The molecule has 1 fully saturated rings. The molecule has 0 aromatic heterocycles. The third-order valence-electron chi connectivity index (χ3n) is 9.18. The number of nitrogens with zero attached hydrogens (tertiary/aromatic N) is 2. The first-order valence-corrected chi connectivity index (χ1v) is 22.7. The van der Waals surface area contributed by atoms with E-state index in [4.69, 9.17) is 9.47 Å². The van der Waals surface area contributed by atoms with E-state index >= 15 is 0 Å². The molecule has 13 nitrogen and oxygen atoms in total. The average Bonchev–Trinajstić information content (AvgIpc) is 3.73. The highest BCUT2D eigenvalue weighted by Gasteiger charge is 2.39. The first-order chi connectivity index (χ1) is 28.9. The standard InChI is InChI=1S/C22H43N3O4.C7H8.C6H12N2O2.C5H11NO.2C3H8.C2H6/c1-9-16(4)21(24(6)20(27)14-23-5)18(28-7)13-19(26)25-12-10-11-17(25)22(29-8)15(2)3;1-7-5-3-2-4-6-7;1-2-3-8-6(10)4-7-5-9;1-5(2,4-7)6-3;2*1-3-2;1-2/h15-18,21-23H,9-14H2,1-8H3;2-6H,1H3;5H,2-4H2,1H3,(H,7,9)(H,8,10);4,6H,1-3H3;2*3H2,1-2H3;1-2H3. The van der Waals surface area contributed by atoms with Crippen molar-refractivity contribution in [3.8, 4) is 0 Å². The zero-order valence-corrected chi connectivity index (χ0v) is 42.5. The van der Waals surface area contributed by atoms with Crippen molar-refractivity contribution in [1.82, 2.24) is 31.1 Å². The largest absolute Gasteiger partial charge is 0.379 e. The lowest BCUT2D eigenvalue weighted by molar-refractivity contribution is -0.144. The van der Waals surface area contributed by atoms with Gasteiger partial charge in [-0.25, -0.2) is 0 Å². The minimum Gasteiger partial charge on any atom is -0.379 e. The Kier molecular flexibility index (Phi) is 48.8. The van der Waals surface area contributed by atoms with Crippen LogP contribution in [0.2, 0.25) is 0 Å². The zero-order valence-electron chi connectivity index (χ0n) is 42.5. The molecule has 360 valence electrons. The number of carbonyl (C=O) groups excluding carboxylic acids is 5. The molecule has 5 atom stereocenters. The van der Waals surface area contributed by atoms with Gasteiger partial charge in [0.1, 0.15) is 6.29 Å². The molecule has 13 heteroatoms. The second kappa shape index (κ2) is 44.7. The number of hydrogen-bond acceptors (Lipinski definition) is 9. The lowest BCUT2D eigenvalue weighted by Crippen LogP contribution is -2.53. The van der Waals surface area contributed by atoms with Crippen LogP contribution in [0.1, 0.15) is 141 Å². The van der Waals surface area contributed by atoms with Crippen LogP contribution >= 0.6 is 0 Å². The van der Waals surface area contributed by atoms with Crippen molar-refractivity contribution in [3.63, 3.8) is 0 Å². The predicted molar refractivity (Wildman–Crippen MR) is 257 cm³/mol. The summed E-state index contributed by atoms with van der Waals surface area (Å²) in [7, 11) is 8.69. The smallest absolute Gasteiger partial charge is 0.239 e. The highest BCUT2D eigenvalue weighted by Crippen LogP contribution is 2.28. The molecule has 4 N–H and O–H groups in total. The number of amides is 4. The van der Waals surface area contributed by atoms with Crippen molar-refractivity contribution in [2.45, 2.75) is 172 Å². The number of rotatable bonds is 19. The normalized spacial score (nSPS) is 14.4. The number of likely N-dealkylation sites (tertiary alicyclic amines) is 1. The van der Waals surface area contributed by atoms with Crippen LogP contribution in [0.5, 0.6) is 0 Å². The molecule has 1 aromatic carbocycles. The van der Waals surface area contributed by atoms with Crippen LogP contribution < -0.4 is 21.3 Å². The van der Waals surface area contributed by atoms with E-state index in [1.807, 2.05) is 64.8 Å². The van der Waals surface area contributed by atoms with Crippen molar-refractivity contribution in [3.05, 3.63) is 35.9 Å². The van der Waals surface area contributed by atoms with E-state index in [1.54, 1.807) is 33.2 Å². The molecule has 0 saturated carbocycles. The Morgan fingerprint density at radius 2 is 1.46 bits per heavy atom. The highest BCUT2D eigenvalue weighted by molar-refractivity contribution is 5.80. The molecule has 0 aliphatic carbocycles. The van der Waals surface area contributed by atoms with E-state index in [0.717, 1.165) is 38.5 Å². The van der Waals surface area contributed by atoms with Crippen LogP contribution in [0.25, 0.3) is 0 Å². The monoisotopic (exact) mass is 869 g/mol. The van der Waals surface area contributed by atoms with Crippen LogP contribution in [0, 0.1) is 18.8 Å². The summed E-state index contributed by atoms with van der Waals surface area (Å²) >= 11 is 0. The Morgan fingerprint density at radius 3 is 1.80 bits per heavy atom. The highest BCUT2D eigenvalue weighted by atomic mass is 16.5. The van der Waals surface area contributed by atoms with Gasteiger partial charge >= 0.3 is 0 Å². The SMILES string of the molecule is CC.CCC.CCC.CCC(C)C(C(CC(=O)N1CCCC1C(OC)C(C)C)OC)N(C)C(=O)CNC.CCCNC(=O)CNC=O.CNC(C)(C)C=O.Cc1ccccc1. The summed E-state index contributed by atoms with van der Waals surface area (Å²) < 4.78 is 11.5. The molecule has 1 aliphatic heterocycles. The summed E-state index contributed by atoms with van der Waals surface area (Å²) in [6.07, 6.45) is 7.63. The van der Waals surface area contributed by atoms with Crippen molar-refractivity contribution in [2.75, 3.05) is 61.5 Å². The Bertz CT molecular complexity index is 1170. The van der Waals surface area contributed by atoms with Gasteiger partial charge in [-0.2, -0.15) is 0 Å². The second-order valence-corrected chi connectivity index (χ2v) is 15.6. The lowest BCUT2D eigenvalue weighted by Gasteiger charge is -2.39. The summed E-state index contributed by atoms with van der Waals surface area (Å²) in [6, 6.07) is 10.2. The number of likely N-dealkylation sites (N-methyl/N-ethyl adjacent to an activating group) is 3. The van der Waals surface area contributed by atoms with Crippen LogP contribution in [-0.4, -0.2) is 132 Å². The molecule has 2 rings (SSSR count). The molecular formula is C48H96N6O7. The summed E-state index contributed by atoms with van der Waals surface area (Å²) in [5.74, 6) is 0.509. The Labute approximate surface area is 375 Å². The first kappa shape index (κ1) is 66.7. The molecule has 1 aliphatic rings. The molecule has 0 radical (unpaired) electrons. The van der Waals surface area contributed by atoms with Gasteiger partial charge in [0.05, 0.1) is 49.3 Å². The number of aldehydes is 1. The molecule has 1 aromatic rings. The van der Waals surface area contributed by atoms with Crippen molar-refractivity contribution in [2.24, 2.45) is 11.8 Å². The Balaban J connectivity index is -0.000000263. The van der Waals surface area contributed by atoms with Gasteiger partial charge in [0.2, 0.25) is 24.1 Å². The molecule has 61 heavy (non-hydrogen) atoms. The summed E-state index contributed by atoms with van der Waals surface area (Å²) in [6.45, 7) is 30.4. The third-order valence-corrected chi connectivity index (χ3v) is 9.18. The van der Waals surface area contributed by atoms with E-state index in [-0.39, 0.29) is 73.0 Å². The third kappa shape index (κ3) is 34.8. The minimum atomic E-state index is -0.347. The van der Waals surface area contributed by atoms with Gasteiger partial charge in [0, 0.05) is 34.4 Å². The number of methoxy groups -OCH3 is 2. The van der Waals surface area contributed by atoms with Crippen molar-refractivity contribution >= 4 is 30.4 Å². The lowest BCUT2D eigenvalue weighted by atomic mass is 9.90. The van der Waals surface area contributed by atoms with E-state index in [1.165, 1.54) is 18.4 Å². The van der Waals surface area contributed by atoms with Crippen molar-refractivity contribution < 1.29 is 33.4 Å². The number of aryl methyl sites for hydroxylation is 1. The van der Waals surface area contributed by atoms with Gasteiger partial charge in [-0.15, -0.1) is 0 Å². The van der Waals surface area contributed by atoms with E-state index in [9.17, 15) is 24.0 Å². The molecule has 1 heterocycles. The average molecular weight is 869 g/mol. The number of nitrogens with one attached hydrogen (secondary N) is 4. The van der Waals surface area contributed by atoms with E-state index in [0.29, 0.717) is 18.9 Å². The number of carbonyl (C=O) groups is 5. The van der Waals surface area contributed by atoms with Crippen LogP contribution in [-0.2, 0) is 33.4 Å². The maximum Gasteiger partial charge on any atom is 0.239 e. The summed E-state index contributed by atoms with van der Waals surface area (Å²) in [5.41, 5.74) is 0.975. The first-order valence-electron chi connectivity index (χ1n) is 22.7. The maximum absolute atomic E-state index is 13.3. The molecule has 0 spiro atoms. The molecule has 0 bridgehead atoms.